The molecule has 1 aromatic carbocycles. The number of nitrogens with one attached hydrogen (secondary N) is 1. The average Bonchev–Trinajstić information content (AvgIpc) is 2.64. The number of hydrogen-bond acceptors (Lipinski definition) is 3. The minimum atomic E-state index is -2.89. The maximum Gasteiger partial charge on any atom is 0.387 e. The van der Waals surface area contributed by atoms with Crippen molar-refractivity contribution in [2.45, 2.75) is 6.61 Å². The SMILES string of the molecule is O=c1[nH]ncn1-c1cccc(OC(F)F)c1. The molecule has 0 amide bonds. The number of benzene rings is 1. The van der Waals surface area contributed by atoms with Gasteiger partial charge in [0.2, 0.25) is 0 Å². The van der Waals surface area contributed by atoms with Crippen molar-refractivity contribution in [3.05, 3.63) is 41.1 Å². The van der Waals surface area contributed by atoms with Crippen molar-refractivity contribution in [2.24, 2.45) is 0 Å². The summed E-state index contributed by atoms with van der Waals surface area (Å²) in [6.07, 6.45) is 1.25. The Labute approximate surface area is 88.3 Å². The monoisotopic (exact) mass is 227 g/mol. The zero-order valence-electron chi connectivity index (χ0n) is 7.93. The van der Waals surface area contributed by atoms with Crippen LogP contribution in [0.4, 0.5) is 8.78 Å². The highest BCUT2D eigenvalue weighted by molar-refractivity contribution is 5.38. The van der Waals surface area contributed by atoms with E-state index >= 15 is 0 Å². The average molecular weight is 227 g/mol. The van der Waals surface area contributed by atoms with Gasteiger partial charge in [-0.3, -0.25) is 0 Å². The fourth-order valence-electron chi connectivity index (χ4n) is 1.24. The number of halogens is 2. The zero-order chi connectivity index (χ0) is 11.5. The molecule has 0 saturated heterocycles. The summed E-state index contributed by atoms with van der Waals surface area (Å²) in [5.41, 5.74) is -0.0499. The van der Waals surface area contributed by atoms with Crippen molar-refractivity contribution in [3.63, 3.8) is 0 Å². The second-order valence-corrected chi connectivity index (χ2v) is 2.91. The minimum Gasteiger partial charge on any atom is -0.435 e. The van der Waals surface area contributed by atoms with Gasteiger partial charge in [-0.1, -0.05) is 6.07 Å². The molecule has 0 unspecified atom stereocenters. The van der Waals surface area contributed by atoms with Crippen molar-refractivity contribution in [1.82, 2.24) is 14.8 Å². The molecule has 1 aromatic heterocycles. The number of H-pyrrole nitrogens is 1. The number of ether oxygens (including phenoxy) is 1. The Bertz CT molecular complexity index is 535. The van der Waals surface area contributed by atoms with E-state index in [-0.39, 0.29) is 5.75 Å². The molecule has 2 rings (SSSR count). The van der Waals surface area contributed by atoms with Gasteiger partial charge >= 0.3 is 12.3 Å². The highest BCUT2D eigenvalue weighted by atomic mass is 19.3. The fourth-order valence-corrected chi connectivity index (χ4v) is 1.24. The van der Waals surface area contributed by atoms with E-state index in [1.54, 1.807) is 6.07 Å². The van der Waals surface area contributed by atoms with E-state index in [2.05, 4.69) is 14.9 Å². The van der Waals surface area contributed by atoms with Gasteiger partial charge in [-0.2, -0.15) is 13.9 Å². The molecule has 0 bridgehead atoms. The molecule has 0 radical (unpaired) electrons. The highest BCUT2D eigenvalue weighted by Crippen LogP contribution is 2.17. The van der Waals surface area contributed by atoms with E-state index in [0.717, 1.165) is 0 Å². The molecule has 1 N–H and O–H groups in total. The molecule has 5 nitrogen and oxygen atoms in total. The Morgan fingerprint density at radius 1 is 1.44 bits per heavy atom. The Morgan fingerprint density at radius 3 is 2.88 bits per heavy atom. The van der Waals surface area contributed by atoms with Gasteiger partial charge in [0, 0.05) is 6.07 Å². The molecule has 0 atom stereocenters. The molecular formula is C9H7F2N3O2. The van der Waals surface area contributed by atoms with Gasteiger partial charge in [-0.25, -0.2) is 14.5 Å². The van der Waals surface area contributed by atoms with Crippen LogP contribution in [0.15, 0.2) is 35.4 Å². The third-order valence-corrected chi connectivity index (χ3v) is 1.87. The summed E-state index contributed by atoms with van der Waals surface area (Å²) in [6, 6.07) is 5.78. The molecule has 0 spiro atoms. The standard InChI is InChI=1S/C9H7F2N3O2/c10-8(11)16-7-3-1-2-6(4-7)14-5-12-13-9(14)15/h1-5,8H,(H,13,15). The number of rotatable bonds is 3. The van der Waals surface area contributed by atoms with Crippen LogP contribution in [0.5, 0.6) is 5.75 Å². The van der Waals surface area contributed by atoms with Crippen molar-refractivity contribution >= 4 is 0 Å². The third kappa shape index (κ3) is 2.08. The van der Waals surface area contributed by atoms with Crippen LogP contribution < -0.4 is 10.4 Å². The molecule has 0 fully saturated rings. The first-order chi connectivity index (χ1) is 7.66. The number of nitrogens with zero attached hydrogens (tertiary/aromatic N) is 2. The summed E-state index contributed by atoms with van der Waals surface area (Å²) in [4.78, 5) is 11.2. The Balaban J connectivity index is 2.36. The Morgan fingerprint density at radius 2 is 2.25 bits per heavy atom. The van der Waals surface area contributed by atoms with Crippen LogP contribution in [-0.4, -0.2) is 21.4 Å². The summed E-state index contributed by atoms with van der Waals surface area (Å²) in [7, 11) is 0. The van der Waals surface area contributed by atoms with Gasteiger partial charge in [0.15, 0.2) is 0 Å². The van der Waals surface area contributed by atoms with Crippen molar-refractivity contribution in [2.75, 3.05) is 0 Å². The van der Waals surface area contributed by atoms with Crippen LogP contribution in [0, 0.1) is 0 Å². The predicted molar refractivity (Wildman–Crippen MR) is 50.8 cm³/mol. The van der Waals surface area contributed by atoms with E-state index in [1.165, 1.54) is 29.1 Å². The summed E-state index contributed by atoms with van der Waals surface area (Å²) >= 11 is 0. The number of aromatic amines is 1. The molecule has 84 valence electrons. The lowest BCUT2D eigenvalue weighted by Crippen LogP contribution is -2.14. The van der Waals surface area contributed by atoms with Crippen LogP contribution in [0.25, 0.3) is 5.69 Å². The molecule has 0 saturated carbocycles. The van der Waals surface area contributed by atoms with E-state index in [0.29, 0.717) is 5.69 Å². The lowest BCUT2D eigenvalue weighted by molar-refractivity contribution is -0.0498. The van der Waals surface area contributed by atoms with E-state index in [4.69, 9.17) is 0 Å². The molecular weight excluding hydrogens is 220 g/mol. The molecule has 0 aliphatic heterocycles. The van der Waals surface area contributed by atoms with E-state index < -0.39 is 12.3 Å². The van der Waals surface area contributed by atoms with E-state index in [9.17, 15) is 13.6 Å². The molecule has 2 aromatic rings. The maximum atomic E-state index is 12.0. The second kappa shape index (κ2) is 4.13. The predicted octanol–water partition coefficient (Wildman–Crippen LogP) is 1.16. The number of aromatic nitrogens is 3. The van der Waals surface area contributed by atoms with Gasteiger partial charge in [0.1, 0.15) is 12.1 Å². The minimum absolute atomic E-state index is 0.0133. The summed E-state index contributed by atoms with van der Waals surface area (Å²) < 4.78 is 29.3. The van der Waals surface area contributed by atoms with Crippen molar-refractivity contribution < 1.29 is 13.5 Å². The smallest absolute Gasteiger partial charge is 0.387 e. The second-order valence-electron chi connectivity index (χ2n) is 2.91. The van der Waals surface area contributed by atoms with Gasteiger partial charge in [0.05, 0.1) is 5.69 Å². The lowest BCUT2D eigenvalue weighted by Gasteiger charge is -2.06. The van der Waals surface area contributed by atoms with E-state index in [1.807, 2.05) is 0 Å². The Hall–Kier alpha value is -2.18. The molecule has 1 heterocycles. The van der Waals surface area contributed by atoms with Crippen molar-refractivity contribution in [3.8, 4) is 11.4 Å². The first-order valence-electron chi connectivity index (χ1n) is 4.34. The summed E-state index contributed by atoms with van der Waals surface area (Å²) in [5.74, 6) is -0.0133. The highest BCUT2D eigenvalue weighted by Gasteiger charge is 2.06. The number of alkyl halides is 2. The lowest BCUT2D eigenvalue weighted by atomic mass is 10.3. The molecule has 7 heteroatoms. The first kappa shape index (κ1) is 10.3. The van der Waals surface area contributed by atoms with Crippen LogP contribution >= 0.6 is 0 Å². The van der Waals surface area contributed by atoms with Crippen LogP contribution in [0.3, 0.4) is 0 Å². The van der Waals surface area contributed by atoms with Crippen LogP contribution in [0.2, 0.25) is 0 Å². The van der Waals surface area contributed by atoms with Gasteiger partial charge in [0.25, 0.3) is 0 Å². The summed E-state index contributed by atoms with van der Waals surface area (Å²) in [5, 5.41) is 5.72. The maximum absolute atomic E-state index is 12.0. The zero-order valence-corrected chi connectivity index (χ0v) is 7.93. The van der Waals surface area contributed by atoms with Crippen LogP contribution in [0.1, 0.15) is 0 Å². The summed E-state index contributed by atoms with van der Waals surface area (Å²) in [6.45, 7) is -2.89. The van der Waals surface area contributed by atoms with Gasteiger partial charge in [-0.15, -0.1) is 0 Å². The topological polar surface area (TPSA) is 59.9 Å². The third-order valence-electron chi connectivity index (χ3n) is 1.87. The molecule has 0 aliphatic carbocycles. The fraction of sp³-hybridized carbons (Fsp3) is 0.111. The normalized spacial score (nSPS) is 10.7. The molecule has 0 aliphatic rings. The first-order valence-corrected chi connectivity index (χ1v) is 4.34. The quantitative estimate of drug-likeness (QED) is 0.855. The van der Waals surface area contributed by atoms with Gasteiger partial charge < -0.3 is 4.74 Å². The van der Waals surface area contributed by atoms with Crippen molar-refractivity contribution in [1.29, 1.82) is 0 Å². The largest absolute Gasteiger partial charge is 0.435 e. The Kier molecular flexibility index (Phi) is 2.67. The number of hydrogen-bond donors (Lipinski definition) is 1. The molecule has 16 heavy (non-hydrogen) atoms. The van der Waals surface area contributed by atoms with Crippen LogP contribution in [-0.2, 0) is 0 Å². The van der Waals surface area contributed by atoms with Gasteiger partial charge in [-0.05, 0) is 12.1 Å².